The molecule has 2 aromatic carbocycles. The van der Waals surface area contributed by atoms with E-state index in [4.69, 9.17) is 9.47 Å². The number of ether oxygens (including phenoxy) is 2. The highest BCUT2D eigenvalue weighted by molar-refractivity contribution is 8.15. The molecule has 0 aromatic heterocycles. The zero-order valence-electron chi connectivity index (χ0n) is 18.5. The van der Waals surface area contributed by atoms with E-state index >= 15 is 0 Å². The van der Waals surface area contributed by atoms with Crippen molar-refractivity contribution in [1.82, 2.24) is 5.32 Å². The minimum absolute atomic E-state index is 0.0124. The normalized spacial score (nSPS) is 20.6. The summed E-state index contributed by atoms with van der Waals surface area (Å²) in [5.41, 5.74) is 2.77. The maximum absolute atomic E-state index is 12.3. The Kier molecular flexibility index (Phi) is 7.14. The van der Waals surface area contributed by atoms with Crippen molar-refractivity contribution in [2.75, 3.05) is 37.6 Å². The monoisotopic (exact) mass is 489 g/mol. The average molecular weight is 490 g/mol. The zero-order valence-corrected chi connectivity index (χ0v) is 20.2. The summed E-state index contributed by atoms with van der Waals surface area (Å²) in [6.07, 6.45) is 0.947. The van der Waals surface area contributed by atoms with Crippen molar-refractivity contribution in [2.45, 2.75) is 24.1 Å². The topological polar surface area (TPSA) is 106 Å². The second-order valence-corrected chi connectivity index (χ2v) is 11.4. The lowest BCUT2D eigenvalue weighted by atomic mass is 10.1. The number of benzene rings is 2. The van der Waals surface area contributed by atoms with E-state index in [-0.39, 0.29) is 35.1 Å². The summed E-state index contributed by atoms with van der Waals surface area (Å²) in [6.45, 7) is 0.510. The third kappa shape index (κ3) is 6.00. The zero-order chi connectivity index (χ0) is 23.4. The summed E-state index contributed by atoms with van der Waals surface area (Å²) in [7, 11) is 0.271. The number of fused-ring (bicyclic) bond motifs is 1. The maximum Gasteiger partial charge on any atom is 0.224 e. The van der Waals surface area contributed by atoms with E-state index in [1.807, 2.05) is 42.5 Å². The number of carbonyl (C=O) groups excluding carboxylic acids is 1. The molecule has 2 N–H and O–H groups in total. The summed E-state index contributed by atoms with van der Waals surface area (Å²) >= 11 is 1.48. The molecule has 2 atom stereocenters. The fourth-order valence-electron chi connectivity index (χ4n) is 3.89. The number of aliphatic imine (C=N–C) groups is 1. The summed E-state index contributed by atoms with van der Waals surface area (Å²) < 4.78 is 34.0. The van der Waals surface area contributed by atoms with Crippen molar-refractivity contribution >= 4 is 38.4 Å². The van der Waals surface area contributed by atoms with Gasteiger partial charge in [0.05, 0.1) is 38.2 Å². The van der Waals surface area contributed by atoms with Gasteiger partial charge < -0.3 is 20.1 Å². The number of anilines is 1. The van der Waals surface area contributed by atoms with Gasteiger partial charge in [-0.05, 0) is 35.7 Å². The minimum atomic E-state index is -2.95. The highest BCUT2D eigenvalue weighted by Crippen LogP contribution is 2.34. The number of rotatable bonds is 8. The molecule has 33 heavy (non-hydrogen) atoms. The molecule has 2 aliphatic heterocycles. The molecule has 10 heteroatoms. The second kappa shape index (κ2) is 10.0. The van der Waals surface area contributed by atoms with Gasteiger partial charge in [-0.3, -0.25) is 9.79 Å². The SMILES string of the molecule is COc1ccc(CCNC(=O)Cc2ccc(NC3=N[C@@H]4CS(=O)(=O)C[C@@H]4S3)cc2)c(OC)c1. The molecule has 0 bridgehead atoms. The smallest absolute Gasteiger partial charge is 0.224 e. The van der Waals surface area contributed by atoms with Crippen LogP contribution in [0.15, 0.2) is 47.5 Å². The molecule has 4 rings (SSSR count). The van der Waals surface area contributed by atoms with Gasteiger partial charge in [-0.15, -0.1) is 0 Å². The number of amidine groups is 1. The fraction of sp³-hybridized carbons (Fsp3) is 0.391. The molecule has 2 aliphatic rings. The van der Waals surface area contributed by atoms with Gasteiger partial charge in [-0.2, -0.15) is 0 Å². The lowest BCUT2D eigenvalue weighted by Gasteiger charge is -2.11. The van der Waals surface area contributed by atoms with Crippen LogP contribution in [0.5, 0.6) is 11.5 Å². The first-order valence-electron chi connectivity index (χ1n) is 10.6. The second-order valence-electron chi connectivity index (χ2n) is 8.01. The van der Waals surface area contributed by atoms with E-state index in [2.05, 4.69) is 15.6 Å². The summed E-state index contributed by atoms with van der Waals surface area (Å²) in [6, 6.07) is 13.1. The van der Waals surface area contributed by atoms with Crippen molar-refractivity contribution < 1.29 is 22.7 Å². The van der Waals surface area contributed by atoms with Crippen LogP contribution < -0.4 is 20.1 Å². The molecule has 0 unspecified atom stereocenters. The maximum atomic E-state index is 12.3. The quantitative estimate of drug-likeness (QED) is 0.586. The number of amides is 1. The Bertz CT molecular complexity index is 1150. The van der Waals surface area contributed by atoms with Crippen LogP contribution in [0.2, 0.25) is 0 Å². The predicted molar refractivity (Wildman–Crippen MR) is 131 cm³/mol. The summed E-state index contributed by atoms with van der Waals surface area (Å²) in [5.74, 6) is 1.74. The van der Waals surface area contributed by atoms with Crippen LogP contribution in [0, 0.1) is 0 Å². The largest absolute Gasteiger partial charge is 0.497 e. The van der Waals surface area contributed by atoms with Crippen LogP contribution in [0.1, 0.15) is 11.1 Å². The first-order chi connectivity index (χ1) is 15.8. The standard InChI is InChI=1S/C23H27N3O5S2/c1-30-18-8-5-16(20(12-18)31-2)9-10-24-22(27)11-15-3-6-17(7-4-15)25-23-26-19-13-33(28,29)14-21(19)32-23/h3-8,12,19,21H,9-11,13-14H2,1-2H3,(H,24,27)(H,25,26)/t19-,21+/m1/s1. The minimum Gasteiger partial charge on any atom is -0.497 e. The highest BCUT2D eigenvalue weighted by atomic mass is 32.2. The van der Waals surface area contributed by atoms with Crippen molar-refractivity contribution in [3.63, 3.8) is 0 Å². The van der Waals surface area contributed by atoms with E-state index in [0.717, 1.165) is 33.5 Å². The van der Waals surface area contributed by atoms with Gasteiger partial charge in [0.15, 0.2) is 15.0 Å². The van der Waals surface area contributed by atoms with Crippen molar-refractivity contribution in [2.24, 2.45) is 4.99 Å². The predicted octanol–water partition coefficient (Wildman–Crippen LogP) is 2.29. The van der Waals surface area contributed by atoms with Crippen LogP contribution in [0.4, 0.5) is 5.69 Å². The number of sulfone groups is 1. The van der Waals surface area contributed by atoms with Crippen molar-refractivity contribution in [3.05, 3.63) is 53.6 Å². The van der Waals surface area contributed by atoms with Crippen LogP contribution >= 0.6 is 11.8 Å². The molecule has 176 valence electrons. The number of nitrogens with one attached hydrogen (secondary N) is 2. The number of thioether (sulfide) groups is 1. The molecule has 8 nitrogen and oxygen atoms in total. The molecule has 0 radical (unpaired) electrons. The average Bonchev–Trinajstić information content (AvgIpc) is 3.27. The third-order valence-electron chi connectivity index (χ3n) is 5.60. The van der Waals surface area contributed by atoms with Crippen molar-refractivity contribution in [1.29, 1.82) is 0 Å². The Morgan fingerprint density at radius 3 is 2.61 bits per heavy atom. The lowest BCUT2D eigenvalue weighted by Crippen LogP contribution is -2.27. The molecular formula is C23H27N3O5S2. The number of carbonyl (C=O) groups is 1. The van der Waals surface area contributed by atoms with Gasteiger partial charge in [-0.25, -0.2) is 8.42 Å². The van der Waals surface area contributed by atoms with E-state index < -0.39 is 9.84 Å². The number of hydrogen-bond acceptors (Lipinski definition) is 8. The van der Waals surface area contributed by atoms with Gasteiger partial charge in [0.1, 0.15) is 11.5 Å². The Hall–Kier alpha value is -2.72. The number of methoxy groups -OCH3 is 2. The Balaban J connectivity index is 1.23. The first kappa shape index (κ1) is 23.4. The Morgan fingerprint density at radius 1 is 1.12 bits per heavy atom. The number of hydrogen-bond donors (Lipinski definition) is 2. The molecule has 2 aromatic rings. The summed E-state index contributed by atoms with van der Waals surface area (Å²) in [4.78, 5) is 16.8. The number of nitrogens with zero attached hydrogens (tertiary/aromatic N) is 1. The van der Waals surface area contributed by atoms with Crippen LogP contribution in [-0.4, -0.2) is 63.1 Å². The third-order valence-corrected chi connectivity index (χ3v) is 8.74. The van der Waals surface area contributed by atoms with Gasteiger partial charge in [0.2, 0.25) is 5.91 Å². The summed E-state index contributed by atoms with van der Waals surface area (Å²) in [5, 5.41) is 6.96. The molecule has 0 saturated carbocycles. The van der Waals surface area contributed by atoms with Crippen LogP contribution in [0.3, 0.4) is 0 Å². The van der Waals surface area contributed by atoms with Gasteiger partial charge in [0, 0.05) is 23.5 Å². The first-order valence-corrected chi connectivity index (χ1v) is 13.3. The van der Waals surface area contributed by atoms with E-state index in [9.17, 15) is 13.2 Å². The van der Waals surface area contributed by atoms with Crippen LogP contribution in [-0.2, 0) is 27.5 Å². The molecule has 1 fully saturated rings. The fourth-order valence-corrected chi connectivity index (χ4v) is 7.56. The highest BCUT2D eigenvalue weighted by Gasteiger charge is 2.42. The van der Waals surface area contributed by atoms with Crippen LogP contribution in [0.25, 0.3) is 0 Å². The Morgan fingerprint density at radius 2 is 1.91 bits per heavy atom. The van der Waals surface area contributed by atoms with E-state index in [1.165, 1.54) is 11.8 Å². The molecule has 0 spiro atoms. The van der Waals surface area contributed by atoms with E-state index in [1.54, 1.807) is 14.2 Å². The Labute approximate surface area is 198 Å². The lowest BCUT2D eigenvalue weighted by molar-refractivity contribution is -0.120. The van der Waals surface area contributed by atoms with E-state index in [0.29, 0.717) is 13.0 Å². The van der Waals surface area contributed by atoms with Gasteiger partial charge in [0.25, 0.3) is 0 Å². The van der Waals surface area contributed by atoms with Gasteiger partial charge >= 0.3 is 0 Å². The molecule has 2 heterocycles. The van der Waals surface area contributed by atoms with Gasteiger partial charge in [-0.1, -0.05) is 30.0 Å². The molecule has 0 aliphatic carbocycles. The molecule has 1 saturated heterocycles. The van der Waals surface area contributed by atoms with Crippen molar-refractivity contribution in [3.8, 4) is 11.5 Å². The molecule has 1 amide bonds. The molecular weight excluding hydrogens is 462 g/mol.